The summed E-state index contributed by atoms with van der Waals surface area (Å²) in [6.07, 6.45) is -1.07. The third kappa shape index (κ3) is 3.48. The van der Waals surface area contributed by atoms with E-state index in [0.717, 1.165) is 0 Å². The molecular weight excluding hydrogens is 182 g/mol. The van der Waals surface area contributed by atoms with Crippen molar-refractivity contribution >= 4 is 10.0 Å². The molecule has 73 valence electrons. The van der Waals surface area contributed by atoms with E-state index in [1.54, 1.807) is 6.92 Å². The molecular formula is C6H14NO4S. The second-order valence-electron chi connectivity index (χ2n) is 2.36. The van der Waals surface area contributed by atoms with Gasteiger partial charge in [0.25, 0.3) is 0 Å². The van der Waals surface area contributed by atoms with E-state index in [9.17, 15) is 13.5 Å². The SMILES string of the molecule is CCC([O])NS(=O)(=O)C(C)OC. The Bertz CT molecular complexity index is 214. The Labute approximate surface area is 72.8 Å². The molecule has 0 amide bonds. The average molecular weight is 196 g/mol. The summed E-state index contributed by atoms with van der Waals surface area (Å²) in [7, 11) is -2.33. The van der Waals surface area contributed by atoms with Crippen LogP contribution < -0.4 is 4.72 Å². The highest BCUT2D eigenvalue weighted by Crippen LogP contribution is 2.00. The maximum atomic E-state index is 11.1. The summed E-state index contributed by atoms with van der Waals surface area (Å²) in [5.74, 6) is 0. The molecule has 0 aliphatic carbocycles. The van der Waals surface area contributed by atoms with Gasteiger partial charge in [-0.15, -0.1) is 0 Å². The summed E-state index contributed by atoms with van der Waals surface area (Å²) in [5, 5.41) is 10.8. The van der Waals surface area contributed by atoms with Crippen LogP contribution in [-0.4, -0.2) is 27.2 Å². The van der Waals surface area contributed by atoms with Crippen LogP contribution in [0.2, 0.25) is 0 Å². The standard InChI is InChI=1S/C6H14NO4S/c1-4-6(8)7-12(9,10)5(2)11-3/h5-7H,4H2,1-3H3. The highest BCUT2D eigenvalue weighted by Gasteiger charge is 2.22. The van der Waals surface area contributed by atoms with Gasteiger partial charge >= 0.3 is 0 Å². The predicted molar refractivity (Wildman–Crippen MR) is 43.3 cm³/mol. The lowest BCUT2D eigenvalue weighted by atomic mass is 10.5. The molecule has 0 aliphatic rings. The zero-order valence-electron chi connectivity index (χ0n) is 7.40. The van der Waals surface area contributed by atoms with Crippen LogP contribution in [-0.2, 0) is 19.9 Å². The molecule has 2 atom stereocenters. The van der Waals surface area contributed by atoms with E-state index in [2.05, 4.69) is 4.74 Å². The number of hydrogen-bond donors (Lipinski definition) is 1. The Morgan fingerprint density at radius 3 is 2.33 bits per heavy atom. The van der Waals surface area contributed by atoms with Gasteiger partial charge in [-0.25, -0.2) is 13.5 Å². The van der Waals surface area contributed by atoms with E-state index in [-0.39, 0.29) is 6.42 Å². The number of nitrogens with one attached hydrogen (secondary N) is 1. The molecule has 0 aromatic carbocycles. The quantitative estimate of drug-likeness (QED) is 0.632. The van der Waals surface area contributed by atoms with Crippen molar-refractivity contribution in [2.45, 2.75) is 31.9 Å². The Morgan fingerprint density at radius 1 is 1.50 bits per heavy atom. The van der Waals surface area contributed by atoms with Crippen molar-refractivity contribution in [3.05, 3.63) is 0 Å². The minimum Gasteiger partial charge on any atom is -0.364 e. The van der Waals surface area contributed by atoms with Crippen molar-refractivity contribution in [3.8, 4) is 0 Å². The van der Waals surface area contributed by atoms with Crippen LogP contribution in [0.5, 0.6) is 0 Å². The van der Waals surface area contributed by atoms with Crippen LogP contribution in [0.4, 0.5) is 0 Å². The average Bonchev–Trinajstić information content (AvgIpc) is 2.02. The van der Waals surface area contributed by atoms with Crippen LogP contribution >= 0.6 is 0 Å². The summed E-state index contributed by atoms with van der Waals surface area (Å²) in [4.78, 5) is 0. The highest BCUT2D eigenvalue weighted by molar-refractivity contribution is 7.89. The molecule has 1 radical (unpaired) electrons. The van der Waals surface area contributed by atoms with E-state index in [4.69, 9.17) is 0 Å². The fourth-order valence-corrected chi connectivity index (χ4v) is 1.47. The van der Waals surface area contributed by atoms with Crippen molar-refractivity contribution in [2.75, 3.05) is 7.11 Å². The van der Waals surface area contributed by atoms with E-state index >= 15 is 0 Å². The molecule has 6 heteroatoms. The molecule has 0 saturated heterocycles. The lowest BCUT2D eigenvalue weighted by Crippen LogP contribution is -2.39. The largest absolute Gasteiger partial charge is 0.364 e. The third-order valence-electron chi connectivity index (χ3n) is 1.44. The molecule has 5 nitrogen and oxygen atoms in total. The third-order valence-corrected chi connectivity index (χ3v) is 3.09. The predicted octanol–water partition coefficient (Wildman–Crippen LogP) is 0.0648. The van der Waals surface area contributed by atoms with Gasteiger partial charge in [-0.3, -0.25) is 0 Å². The van der Waals surface area contributed by atoms with Crippen LogP contribution in [0.1, 0.15) is 20.3 Å². The van der Waals surface area contributed by atoms with E-state index in [1.165, 1.54) is 14.0 Å². The van der Waals surface area contributed by atoms with Gasteiger partial charge in [-0.1, -0.05) is 6.92 Å². The lowest BCUT2D eigenvalue weighted by molar-refractivity contribution is 0.0736. The van der Waals surface area contributed by atoms with Crippen LogP contribution in [0.25, 0.3) is 0 Å². The second-order valence-corrected chi connectivity index (χ2v) is 4.35. The molecule has 12 heavy (non-hydrogen) atoms. The van der Waals surface area contributed by atoms with E-state index in [0.29, 0.717) is 0 Å². The van der Waals surface area contributed by atoms with Crippen LogP contribution in [0.15, 0.2) is 0 Å². The Hall–Kier alpha value is -0.170. The molecule has 0 spiro atoms. The van der Waals surface area contributed by atoms with E-state index in [1.807, 2.05) is 4.72 Å². The second kappa shape index (κ2) is 4.76. The number of rotatable bonds is 5. The summed E-state index contributed by atoms with van der Waals surface area (Å²) in [5.41, 5.74) is -0.986. The van der Waals surface area contributed by atoms with Crippen molar-refractivity contribution < 1.29 is 18.3 Å². The Kier molecular flexibility index (Phi) is 4.69. The van der Waals surface area contributed by atoms with Crippen LogP contribution in [0.3, 0.4) is 0 Å². The first-order valence-corrected chi connectivity index (χ1v) is 5.18. The molecule has 0 aromatic rings. The first-order valence-electron chi connectivity index (χ1n) is 3.63. The van der Waals surface area contributed by atoms with Crippen molar-refractivity contribution in [1.29, 1.82) is 0 Å². The van der Waals surface area contributed by atoms with Gasteiger partial charge < -0.3 is 4.74 Å². The van der Waals surface area contributed by atoms with Gasteiger partial charge in [-0.05, 0) is 13.3 Å². The van der Waals surface area contributed by atoms with Gasteiger partial charge in [0.05, 0.1) is 0 Å². The summed E-state index contributed by atoms with van der Waals surface area (Å²) >= 11 is 0. The van der Waals surface area contributed by atoms with Crippen LogP contribution in [0, 0.1) is 0 Å². The monoisotopic (exact) mass is 196 g/mol. The lowest BCUT2D eigenvalue weighted by Gasteiger charge is -2.13. The molecule has 0 heterocycles. The first kappa shape index (κ1) is 11.8. The zero-order valence-corrected chi connectivity index (χ0v) is 8.22. The molecule has 0 fully saturated rings. The number of ether oxygens (including phenoxy) is 1. The number of sulfonamides is 1. The zero-order chi connectivity index (χ0) is 9.78. The van der Waals surface area contributed by atoms with Gasteiger partial charge in [0, 0.05) is 7.11 Å². The van der Waals surface area contributed by atoms with Gasteiger partial charge in [0.1, 0.15) is 0 Å². The molecule has 0 rings (SSSR count). The topological polar surface area (TPSA) is 75.3 Å². The maximum absolute atomic E-state index is 11.1. The first-order chi connectivity index (χ1) is 5.44. The maximum Gasteiger partial charge on any atom is 0.240 e. The fraction of sp³-hybridized carbons (Fsp3) is 1.00. The normalized spacial score (nSPS) is 17.3. The van der Waals surface area contributed by atoms with Gasteiger partial charge in [0.15, 0.2) is 11.7 Å². The van der Waals surface area contributed by atoms with Gasteiger partial charge in [-0.2, -0.15) is 4.72 Å². The van der Waals surface area contributed by atoms with Crippen molar-refractivity contribution in [3.63, 3.8) is 0 Å². The summed E-state index contributed by atoms with van der Waals surface area (Å²) in [6.45, 7) is 2.97. The van der Waals surface area contributed by atoms with Gasteiger partial charge in [0.2, 0.25) is 10.0 Å². The number of methoxy groups -OCH3 is 1. The molecule has 0 bridgehead atoms. The summed E-state index contributed by atoms with van der Waals surface area (Å²) in [6, 6.07) is 0. The number of hydrogen-bond acceptors (Lipinski definition) is 3. The highest BCUT2D eigenvalue weighted by atomic mass is 32.2. The fourth-order valence-electron chi connectivity index (χ4n) is 0.489. The minimum atomic E-state index is -3.61. The molecule has 0 aromatic heterocycles. The Balaban J connectivity index is 4.23. The van der Waals surface area contributed by atoms with Crippen molar-refractivity contribution in [1.82, 2.24) is 4.72 Å². The molecule has 1 N–H and O–H groups in total. The smallest absolute Gasteiger partial charge is 0.240 e. The van der Waals surface area contributed by atoms with Crippen molar-refractivity contribution in [2.24, 2.45) is 0 Å². The molecule has 0 aliphatic heterocycles. The van der Waals surface area contributed by atoms with E-state index < -0.39 is 21.7 Å². The Morgan fingerprint density at radius 2 is 2.00 bits per heavy atom. The minimum absolute atomic E-state index is 0.218. The molecule has 2 unspecified atom stereocenters. The molecule has 0 saturated carbocycles. The summed E-state index contributed by atoms with van der Waals surface area (Å²) < 4.78 is 28.7.